The third-order valence-electron chi connectivity index (χ3n) is 2.45. The highest BCUT2D eigenvalue weighted by Crippen LogP contribution is 2.16. The molecule has 0 aliphatic rings. The molecule has 0 radical (unpaired) electrons. The van der Waals surface area contributed by atoms with Gasteiger partial charge < -0.3 is 0 Å². The number of fused-ring (bicyclic) bond motifs is 1. The number of aromatic nitrogens is 6. The van der Waals surface area contributed by atoms with Gasteiger partial charge in [-0.1, -0.05) is 0 Å². The summed E-state index contributed by atoms with van der Waals surface area (Å²) in [5.41, 5.74) is 1.76. The number of nitrogens with zero attached hydrogens (tertiary/aromatic N) is 6. The van der Waals surface area contributed by atoms with Crippen molar-refractivity contribution in [2.75, 3.05) is 0 Å². The minimum Gasteiger partial charge on any atom is -0.250 e. The fourth-order valence-electron chi connectivity index (χ4n) is 1.67. The molecular weight excluding hydrogens is 204 g/mol. The smallest absolute Gasteiger partial charge is 0.167 e. The molecule has 0 fully saturated rings. The Balaban J connectivity index is 2.31. The molecule has 0 saturated carbocycles. The summed E-state index contributed by atoms with van der Waals surface area (Å²) in [5.74, 6) is 0.756. The molecule has 0 saturated heterocycles. The standard InChI is InChI=1S/C10H10N6/c1-7-3-4-16(14-7)10-8-5-13-15(2)9(8)11-6-12-10/h3-6H,1-2H3. The Bertz CT molecular complexity index is 650. The van der Waals surface area contributed by atoms with E-state index in [9.17, 15) is 0 Å². The summed E-state index contributed by atoms with van der Waals surface area (Å²) >= 11 is 0. The maximum Gasteiger partial charge on any atom is 0.167 e. The molecule has 3 heterocycles. The van der Waals surface area contributed by atoms with Crippen LogP contribution in [0.5, 0.6) is 0 Å². The predicted molar refractivity (Wildman–Crippen MR) is 58.2 cm³/mol. The van der Waals surface area contributed by atoms with Gasteiger partial charge in [-0.3, -0.25) is 4.68 Å². The molecule has 0 amide bonds. The molecule has 3 aromatic heterocycles. The summed E-state index contributed by atoms with van der Waals surface area (Å²) in [5, 5.41) is 9.39. The third-order valence-corrected chi connectivity index (χ3v) is 2.45. The zero-order valence-electron chi connectivity index (χ0n) is 8.99. The van der Waals surface area contributed by atoms with Crippen molar-refractivity contribution in [3.8, 4) is 5.82 Å². The van der Waals surface area contributed by atoms with Gasteiger partial charge in [-0.2, -0.15) is 10.2 Å². The van der Waals surface area contributed by atoms with Gasteiger partial charge in [0.1, 0.15) is 6.33 Å². The van der Waals surface area contributed by atoms with Crippen molar-refractivity contribution in [1.82, 2.24) is 29.5 Å². The first-order valence-corrected chi connectivity index (χ1v) is 4.91. The van der Waals surface area contributed by atoms with Crippen LogP contribution in [0.15, 0.2) is 24.8 Å². The maximum absolute atomic E-state index is 4.33. The van der Waals surface area contributed by atoms with Crippen LogP contribution in [-0.2, 0) is 7.05 Å². The highest BCUT2D eigenvalue weighted by Gasteiger charge is 2.09. The van der Waals surface area contributed by atoms with Gasteiger partial charge in [-0.15, -0.1) is 0 Å². The highest BCUT2D eigenvalue weighted by molar-refractivity contribution is 5.81. The van der Waals surface area contributed by atoms with E-state index in [1.54, 1.807) is 15.6 Å². The third kappa shape index (κ3) is 1.19. The normalized spacial score (nSPS) is 11.1. The summed E-state index contributed by atoms with van der Waals surface area (Å²) in [6.07, 6.45) is 5.15. The Morgan fingerprint density at radius 2 is 2.12 bits per heavy atom. The van der Waals surface area contributed by atoms with Crippen LogP contribution >= 0.6 is 0 Å². The average Bonchev–Trinajstić information content (AvgIpc) is 2.86. The van der Waals surface area contributed by atoms with E-state index < -0.39 is 0 Å². The van der Waals surface area contributed by atoms with Crippen molar-refractivity contribution in [3.05, 3.63) is 30.5 Å². The van der Waals surface area contributed by atoms with E-state index in [0.29, 0.717) is 0 Å². The van der Waals surface area contributed by atoms with Gasteiger partial charge in [0.15, 0.2) is 11.5 Å². The molecule has 0 aliphatic carbocycles. The first kappa shape index (κ1) is 9.02. The molecule has 6 heteroatoms. The van der Waals surface area contributed by atoms with Crippen molar-refractivity contribution in [2.24, 2.45) is 7.05 Å². The monoisotopic (exact) mass is 214 g/mol. The van der Waals surface area contributed by atoms with Crippen LogP contribution in [0, 0.1) is 6.92 Å². The molecule has 16 heavy (non-hydrogen) atoms. The van der Waals surface area contributed by atoms with Crippen LogP contribution in [0.2, 0.25) is 0 Å². The molecule has 0 N–H and O–H groups in total. The van der Waals surface area contributed by atoms with Crippen molar-refractivity contribution >= 4 is 11.0 Å². The molecule has 0 spiro atoms. The molecule has 0 aromatic carbocycles. The molecule has 80 valence electrons. The van der Waals surface area contributed by atoms with Crippen LogP contribution in [0.1, 0.15) is 5.69 Å². The van der Waals surface area contributed by atoms with Gasteiger partial charge >= 0.3 is 0 Å². The van der Waals surface area contributed by atoms with Gasteiger partial charge in [0, 0.05) is 13.2 Å². The van der Waals surface area contributed by atoms with E-state index in [1.165, 1.54) is 6.33 Å². The van der Waals surface area contributed by atoms with Gasteiger partial charge in [0.25, 0.3) is 0 Å². The lowest BCUT2D eigenvalue weighted by Crippen LogP contribution is -2.00. The minimum absolute atomic E-state index is 0.756. The van der Waals surface area contributed by atoms with Gasteiger partial charge in [-0.05, 0) is 13.0 Å². The number of hydrogen-bond donors (Lipinski definition) is 0. The lowest BCUT2D eigenvalue weighted by atomic mass is 10.4. The van der Waals surface area contributed by atoms with E-state index in [4.69, 9.17) is 0 Å². The SMILES string of the molecule is Cc1ccn(-c2ncnc3c2cnn3C)n1. The molecule has 0 unspecified atom stereocenters. The Morgan fingerprint density at radius 3 is 2.88 bits per heavy atom. The van der Waals surface area contributed by atoms with Gasteiger partial charge in [-0.25, -0.2) is 14.6 Å². The fourth-order valence-corrected chi connectivity index (χ4v) is 1.67. The van der Waals surface area contributed by atoms with Crippen molar-refractivity contribution in [1.29, 1.82) is 0 Å². The molecule has 0 aliphatic heterocycles. The Hall–Kier alpha value is -2.24. The summed E-state index contributed by atoms with van der Waals surface area (Å²) in [6, 6.07) is 1.93. The lowest BCUT2D eigenvalue weighted by Gasteiger charge is -2.00. The van der Waals surface area contributed by atoms with Gasteiger partial charge in [0.2, 0.25) is 0 Å². The lowest BCUT2D eigenvalue weighted by molar-refractivity contribution is 0.783. The number of hydrogen-bond acceptors (Lipinski definition) is 4. The Morgan fingerprint density at radius 1 is 1.25 bits per heavy atom. The topological polar surface area (TPSA) is 61.4 Å². The van der Waals surface area contributed by atoms with Crippen molar-refractivity contribution in [2.45, 2.75) is 6.92 Å². The van der Waals surface area contributed by atoms with Crippen LogP contribution in [0.4, 0.5) is 0 Å². The van der Waals surface area contributed by atoms with E-state index in [1.807, 2.05) is 26.2 Å². The van der Waals surface area contributed by atoms with Crippen LogP contribution in [-0.4, -0.2) is 29.5 Å². The van der Waals surface area contributed by atoms with E-state index in [0.717, 1.165) is 22.5 Å². The second-order valence-electron chi connectivity index (χ2n) is 3.60. The van der Waals surface area contributed by atoms with Crippen molar-refractivity contribution in [3.63, 3.8) is 0 Å². The van der Waals surface area contributed by atoms with E-state index in [-0.39, 0.29) is 0 Å². The minimum atomic E-state index is 0.756. The molecule has 6 nitrogen and oxygen atoms in total. The second kappa shape index (κ2) is 3.13. The van der Waals surface area contributed by atoms with E-state index >= 15 is 0 Å². The fraction of sp³-hybridized carbons (Fsp3) is 0.200. The Kier molecular flexibility index (Phi) is 1.76. The summed E-state index contributed by atoms with van der Waals surface area (Å²) < 4.78 is 3.46. The molecule has 3 aromatic rings. The zero-order chi connectivity index (χ0) is 11.1. The highest BCUT2D eigenvalue weighted by atomic mass is 15.3. The number of aryl methyl sites for hydroxylation is 2. The predicted octanol–water partition coefficient (Wildman–Crippen LogP) is 0.857. The molecular formula is C10H10N6. The van der Waals surface area contributed by atoms with E-state index in [2.05, 4.69) is 20.2 Å². The quantitative estimate of drug-likeness (QED) is 0.602. The largest absolute Gasteiger partial charge is 0.250 e. The maximum atomic E-state index is 4.33. The summed E-state index contributed by atoms with van der Waals surface area (Å²) in [7, 11) is 1.85. The Labute approximate surface area is 91.6 Å². The average molecular weight is 214 g/mol. The summed E-state index contributed by atoms with van der Waals surface area (Å²) in [6.45, 7) is 1.94. The van der Waals surface area contributed by atoms with Crippen molar-refractivity contribution < 1.29 is 0 Å². The van der Waals surface area contributed by atoms with Crippen LogP contribution in [0.25, 0.3) is 16.9 Å². The second-order valence-corrected chi connectivity index (χ2v) is 3.60. The molecule has 0 bridgehead atoms. The first-order chi connectivity index (χ1) is 7.75. The summed E-state index contributed by atoms with van der Waals surface area (Å²) in [4.78, 5) is 8.42. The molecule has 0 atom stereocenters. The van der Waals surface area contributed by atoms with Crippen LogP contribution in [0.3, 0.4) is 0 Å². The molecule has 3 rings (SSSR count). The zero-order valence-corrected chi connectivity index (χ0v) is 8.99. The first-order valence-electron chi connectivity index (χ1n) is 4.91. The van der Waals surface area contributed by atoms with Crippen LogP contribution < -0.4 is 0 Å². The van der Waals surface area contributed by atoms with Gasteiger partial charge in [0.05, 0.1) is 17.3 Å². The number of rotatable bonds is 1.